The van der Waals surface area contributed by atoms with Crippen molar-refractivity contribution in [2.75, 3.05) is 13.2 Å². The second-order valence-electron chi connectivity index (χ2n) is 6.44. The second-order valence-corrected chi connectivity index (χ2v) is 6.44. The highest BCUT2D eigenvalue weighted by atomic mass is 16.5. The molecule has 0 spiro atoms. The van der Waals surface area contributed by atoms with Gasteiger partial charge in [0.25, 0.3) is 0 Å². The van der Waals surface area contributed by atoms with E-state index in [1.807, 2.05) is 12.1 Å². The standard InChI is InChI=1S/C20H23N3O4/c21-20(25)15-2-4-16(5-3-15)27-18-13-26-12-9-17(18)23-19(24)6-1-14-7-10-22-11-8-14/h2-5,7-8,10-11,17-18H,1,6,9,12-13H2,(H2,21,25)(H,23,24). The molecular weight excluding hydrogens is 346 g/mol. The zero-order valence-corrected chi connectivity index (χ0v) is 15.0. The quantitative estimate of drug-likeness (QED) is 0.769. The molecule has 27 heavy (non-hydrogen) atoms. The molecule has 0 radical (unpaired) electrons. The van der Waals surface area contributed by atoms with Crippen LogP contribution in [0.15, 0.2) is 48.8 Å². The van der Waals surface area contributed by atoms with Crippen molar-refractivity contribution in [3.05, 3.63) is 59.9 Å². The van der Waals surface area contributed by atoms with Crippen LogP contribution in [0.2, 0.25) is 0 Å². The minimum atomic E-state index is -0.484. The summed E-state index contributed by atoms with van der Waals surface area (Å²) in [6.45, 7) is 0.975. The van der Waals surface area contributed by atoms with E-state index in [0.29, 0.717) is 43.8 Å². The van der Waals surface area contributed by atoms with Crippen LogP contribution >= 0.6 is 0 Å². The van der Waals surface area contributed by atoms with Crippen LogP contribution in [0.5, 0.6) is 5.75 Å². The van der Waals surface area contributed by atoms with E-state index < -0.39 is 5.91 Å². The lowest BCUT2D eigenvalue weighted by molar-refractivity contribution is -0.123. The topological polar surface area (TPSA) is 104 Å². The van der Waals surface area contributed by atoms with Crippen LogP contribution in [-0.4, -0.2) is 42.2 Å². The number of carbonyl (C=O) groups is 2. The number of hydrogen-bond donors (Lipinski definition) is 2. The molecule has 1 aromatic carbocycles. The van der Waals surface area contributed by atoms with Crippen LogP contribution in [-0.2, 0) is 16.0 Å². The fourth-order valence-corrected chi connectivity index (χ4v) is 2.95. The van der Waals surface area contributed by atoms with Crippen molar-refractivity contribution in [3.8, 4) is 5.75 Å². The second kappa shape index (κ2) is 9.14. The van der Waals surface area contributed by atoms with E-state index in [9.17, 15) is 9.59 Å². The van der Waals surface area contributed by atoms with Crippen molar-refractivity contribution in [2.45, 2.75) is 31.4 Å². The normalized spacial score (nSPS) is 19.3. The first-order valence-corrected chi connectivity index (χ1v) is 8.94. The number of carbonyl (C=O) groups excluding carboxylic acids is 2. The Morgan fingerprint density at radius 2 is 1.93 bits per heavy atom. The van der Waals surface area contributed by atoms with Gasteiger partial charge >= 0.3 is 0 Å². The Kier molecular flexibility index (Phi) is 6.38. The highest BCUT2D eigenvalue weighted by Crippen LogP contribution is 2.19. The summed E-state index contributed by atoms with van der Waals surface area (Å²) in [5, 5.41) is 3.06. The number of hydrogen-bond acceptors (Lipinski definition) is 5. The summed E-state index contributed by atoms with van der Waals surface area (Å²) in [4.78, 5) is 27.5. The molecule has 7 nitrogen and oxygen atoms in total. The van der Waals surface area contributed by atoms with Crippen LogP contribution < -0.4 is 15.8 Å². The van der Waals surface area contributed by atoms with Gasteiger partial charge in [-0.05, 0) is 54.8 Å². The Labute approximate surface area is 157 Å². The number of aromatic nitrogens is 1. The predicted octanol–water partition coefficient (Wildman–Crippen LogP) is 1.47. The molecule has 3 N–H and O–H groups in total. The number of primary amides is 1. The van der Waals surface area contributed by atoms with Crippen LogP contribution in [0.4, 0.5) is 0 Å². The van der Waals surface area contributed by atoms with Gasteiger partial charge in [0.15, 0.2) is 0 Å². The van der Waals surface area contributed by atoms with Gasteiger partial charge in [-0.15, -0.1) is 0 Å². The number of nitrogens with zero attached hydrogens (tertiary/aromatic N) is 1. The number of pyridine rings is 1. The zero-order chi connectivity index (χ0) is 19.1. The number of nitrogens with two attached hydrogens (primary N) is 1. The Balaban J connectivity index is 1.54. The third-order valence-electron chi connectivity index (χ3n) is 4.47. The molecule has 3 rings (SSSR count). The summed E-state index contributed by atoms with van der Waals surface area (Å²) in [6, 6.07) is 10.3. The Morgan fingerprint density at radius 1 is 1.19 bits per heavy atom. The van der Waals surface area contributed by atoms with E-state index in [-0.39, 0.29) is 18.1 Å². The SMILES string of the molecule is NC(=O)c1ccc(OC2COCCC2NC(=O)CCc2ccncc2)cc1. The Morgan fingerprint density at radius 3 is 2.63 bits per heavy atom. The number of ether oxygens (including phenoxy) is 2. The number of amides is 2. The molecule has 1 aromatic heterocycles. The fraction of sp³-hybridized carbons (Fsp3) is 0.350. The van der Waals surface area contributed by atoms with Crippen LogP contribution in [0, 0.1) is 0 Å². The van der Waals surface area contributed by atoms with Gasteiger partial charge in [-0.25, -0.2) is 0 Å². The summed E-state index contributed by atoms with van der Waals surface area (Å²) in [5.74, 6) is 0.102. The van der Waals surface area contributed by atoms with Crippen LogP contribution in [0.3, 0.4) is 0 Å². The van der Waals surface area contributed by atoms with Crippen LogP contribution in [0.1, 0.15) is 28.8 Å². The molecule has 0 saturated carbocycles. The van der Waals surface area contributed by atoms with E-state index in [0.717, 1.165) is 5.56 Å². The summed E-state index contributed by atoms with van der Waals surface area (Å²) in [7, 11) is 0. The van der Waals surface area contributed by atoms with Crippen molar-refractivity contribution >= 4 is 11.8 Å². The zero-order valence-electron chi connectivity index (χ0n) is 15.0. The van der Waals surface area contributed by atoms with Crippen molar-refractivity contribution in [1.82, 2.24) is 10.3 Å². The van der Waals surface area contributed by atoms with E-state index in [1.54, 1.807) is 36.7 Å². The molecule has 2 amide bonds. The molecule has 7 heteroatoms. The number of benzene rings is 1. The van der Waals surface area contributed by atoms with Crippen LogP contribution in [0.25, 0.3) is 0 Å². The minimum absolute atomic E-state index is 0.0172. The summed E-state index contributed by atoms with van der Waals surface area (Å²) in [5.41, 5.74) is 6.74. The van der Waals surface area contributed by atoms with Gasteiger partial charge in [0.2, 0.25) is 11.8 Å². The molecule has 1 fully saturated rings. The third kappa shape index (κ3) is 5.52. The maximum Gasteiger partial charge on any atom is 0.248 e. The summed E-state index contributed by atoms with van der Waals surface area (Å²) in [6.07, 6.45) is 4.91. The molecule has 0 bridgehead atoms. The van der Waals surface area contributed by atoms with Gasteiger partial charge < -0.3 is 20.5 Å². The highest BCUT2D eigenvalue weighted by Gasteiger charge is 2.28. The van der Waals surface area contributed by atoms with Gasteiger partial charge in [-0.3, -0.25) is 14.6 Å². The molecule has 2 aromatic rings. The lowest BCUT2D eigenvalue weighted by Crippen LogP contribution is -2.51. The van der Waals surface area contributed by atoms with E-state index in [1.165, 1.54) is 0 Å². The van der Waals surface area contributed by atoms with E-state index in [4.69, 9.17) is 15.2 Å². The number of nitrogens with one attached hydrogen (secondary N) is 1. The monoisotopic (exact) mass is 369 g/mol. The molecular formula is C20H23N3O4. The third-order valence-corrected chi connectivity index (χ3v) is 4.47. The van der Waals surface area contributed by atoms with Gasteiger partial charge in [0, 0.05) is 31.0 Å². The first-order chi connectivity index (χ1) is 13.1. The summed E-state index contributed by atoms with van der Waals surface area (Å²) >= 11 is 0. The van der Waals surface area contributed by atoms with Crippen molar-refractivity contribution in [2.24, 2.45) is 5.73 Å². The molecule has 142 valence electrons. The Hall–Kier alpha value is -2.93. The number of rotatable bonds is 7. The summed E-state index contributed by atoms with van der Waals surface area (Å²) < 4.78 is 11.5. The number of aryl methyl sites for hydroxylation is 1. The van der Waals surface area contributed by atoms with Crippen molar-refractivity contribution < 1.29 is 19.1 Å². The van der Waals surface area contributed by atoms with Gasteiger partial charge in [0.05, 0.1) is 12.6 Å². The average molecular weight is 369 g/mol. The molecule has 1 aliphatic rings. The van der Waals surface area contributed by atoms with Crippen molar-refractivity contribution in [1.29, 1.82) is 0 Å². The Bertz CT molecular complexity index is 765. The molecule has 1 aliphatic heterocycles. The predicted molar refractivity (Wildman–Crippen MR) is 99.3 cm³/mol. The lowest BCUT2D eigenvalue weighted by atomic mass is 10.0. The van der Waals surface area contributed by atoms with Crippen molar-refractivity contribution in [3.63, 3.8) is 0 Å². The first kappa shape index (κ1) is 18.8. The lowest BCUT2D eigenvalue weighted by Gasteiger charge is -2.32. The minimum Gasteiger partial charge on any atom is -0.486 e. The molecule has 2 heterocycles. The molecule has 2 unspecified atom stereocenters. The first-order valence-electron chi connectivity index (χ1n) is 8.94. The van der Waals surface area contributed by atoms with Gasteiger partial charge in [-0.2, -0.15) is 0 Å². The maximum atomic E-state index is 12.3. The van der Waals surface area contributed by atoms with Gasteiger partial charge in [-0.1, -0.05) is 0 Å². The molecule has 1 saturated heterocycles. The smallest absolute Gasteiger partial charge is 0.248 e. The fourth-order valence-electron chi connectivity index (χ4n) is 2.95. The average Bonchev–Trinajstić information content (AvgIpc) is 2.69. The highest BCUT2D eigenvalue weighted by molar-refractivity contribution is 5.92. The van der Waals surface area contributed by atoms with Gasteiger partial charge in [0.1, 0.15) is 11.9 Å². The molecule has 0 aliphatic carbocycles. The maximum absolute atomic E-state index is 12.3. The van der Waals surface area contributed by atoms with E-state index in [2.05, 4.69) is 10.3 Å². The van der Waals surface area contributed by atoms with E-state index >= 15 is 0 Å². The largest absolute Gasteiger partial charge is 0.486 e. The molecule has 2 atom stereocenters.